The molecule has 7 heteroatoms. The van der Waals surface area contributed by atoms with E-state index in [1.807, 2.05) is 0 Å². The molecule has 0 rings (SSSR count). The second-order valence-corrected chi connectivity index (χ2v) is 3.24. The van der Waals surface area contributed by atoms with Gasteiger partial charge in [0.1, 0.15) is 0 Å². The van der Waals surface area contributed by atoms with E-state index in [2.05, 4.69) is 5.32 Å². The molecular formula is C9H23Cl2N3O2. The summed E-state index contributed by atoms with van der Waals surface area (Å²) in [6, 6.07) is 0. The summed E-state index contributed by atoms with van der Waals surface area (Å²) >= 11 is 0. The van der Waals surface area contributed by atoms with Crippen LogP contribution in [-0.4, -0.2) is 30.7 Å². The Morgan fingerprint density at radius 1 is 1.06 bits per heavy atom. The lowest BCUT2D eigenvalue weighted by atomic mass is 10.2. The molecule has 0 atom stereocenters. The summed E-state index contributed by atoms with van der Waals surface area (Å²) in [5.74, 6) is -0.305. The van der Waals surface area contributed by atoms with Crippen molar-refractivity contribution in [1.82, 2.24) is 10.8 Å². The van der Waals surface area contributed by atoms with E-state index >= 15 is 0 Å². The lowest BCUT2D eigenvalue weighted by Crippen LogP contribution is -2.20. The summed E-state index contributed by atoms with van der Waals surface area (Å²) in [7, 11) is 0. The molecule has 0 aromatic carbocycles. The zero-order valence-electron chi connectivity index (χ0n) is 9.41. The van der Waals surface area contributed by atoms with E-state index in [9.17, 15) is 4.79 Å². The first-order valence-electron chi connectivity index (χ1n) is 5.15. The van der Waals surface area contributed by atoms with Crippen LogP contribution in [0.4, 0.5) is 0 Å². The topological polar surface area (TPSA) is 87.4 Å². The highest BCUT2D eigenvalue weighted by atomic mass is 35.5. The summed E-state index contributed by atoms with van der Waals surface area (Å²) in [5, 5.41) is 11.5. The molecule has 0 aromatic heterocycles. The third-order valence-electron chi connectivity index (χ3n) is 1.94. The van der Waals surface area contributed by atoms with E-state index in [-0.39, 0.29) is 30.7 Å². The fourth-order valence-corrected chi connectivity index (χ4v) is 1.12. The maximum atomic E-state index is 10.6. The molecule has 0 bridgehead atoms. The van der Waals surface area contributed by atoms with Crippen molar-refractivity contribution in [3.05, 3.63) is 0 Å². The molecule has 0 heterocycles. The normalized spacial score (nSPS) is 8.88. The van der Waals surface area contributed by atoms with Gasteiger partial charge in [0.05, 0.1) is 0 Å². The van der Waals surface area contributed by atoms with Gasteiger partial charge >= 0.3 is 0 Å². The van der Waals surface area contributed by atoms with Gasteiger partial charge in [-0.3, -0.25) is 10.0 Å². The Morgan fingerprint density at radius 3 is 2.25 bits per heavy atom. The van der Waals surface area contributed by atoms with Crippen LogP contribution in [0.5, 0.6) is 0 Å². The molecule has 0 aliphatic carbocycles. The van der Waals surface area contributed by atoms with Gasteiger partial charge in [-0.25, -0.2) is 5.48 Å². The van der Waals surface area contributed by atoms with E-state index in [0.29, 0.717) is 6.42 Å². The molecule has 100 valence electrons. The van der Waals surface area contributed by atoms with Crippen molar-refractivity contribution in [3.63, 3.8) is 0 Å². The van der Waals surface area contributed by atoms with Gasteiger partial charge in [-0.05, 0) is 38.9 Å². The van der Waals surface area contributed by atoms with E-state index in [4.69, 9.17) is 10.9 Å². The summed E-state index contributed by atoms with van der Waals surface area (Å²) in [6.45, 7) is 2.66. The van der Waals surface area contributed by atoms with Crippen molar-refractivity contribution >= 4 is 30.7 Å². The smallest absolute Gasteiger partial charge is 0.243 e. The highest BCUT2D eigenvalue weighted by Crippen LogP contribution is 1.98. The predicted molar refractivity (Wildman–Crippen MR) is 69.4 cm³/mol. The van der Waals surface area contributed by atoms with Crippen LogP contribution in [0.1, 0.15) is 32.1 Å². The zero-order chi connectivity index (χ0) is 10.6. The largest absolute Gasteiger partial charge is 0.330 e. The van der Waals surface area contributed by atoms with Crippen LogP contribution < -0.4 is 16.5 Å². The number of nitrogens with two attached hydrogens (primary N) is 1. The van der Waals surface area contributed by atoms with Crippen molar-refractivity contribution in [2.24, 2.45) is 5.73 Å². The van der Waals surface area contributed by atoms with E-state index in [1.165, 1.54) is 0 Å². The van der Waals surface area contributed by atoms with Crippen LogP contribution in [0.3, 0.4) is 0 Å². The molecule has 5 N–H and O–H groups in total. The molecule has 0 saturated heterocycles. The standard InChI is InChI=1S/C9H21N3O2.2ClH/c10-6-4-8-11-7-3-1-2-5-9(13)12-14;;/h11,14H,1-8,10H2,(H,12,13);2*1H. The lowest BCUT2D eigenvalue weighted by Gasteiger charge is -2.03. The molecule has 16 heavy (non-hydrogen) atoms. The van der Waals surface area contributed by atoms with Gasteiger partial charge in [-0.1, -0.05) is 6.42 Å². The Morgan fingerprint density at radius 2 is 1.69 bits per heavy atom. The minimum absolute atomic E-state index is 0. The fraction of sp³-hybridized carbons (Fsp3) is 0.889. The number of hydrogen-bond donors (Lipinski definition) is 4. The Hall–Kier alpha value is -0.0700. The van der Waals surface area contributed by atoms with E-state index in [0.717, 1.165) is 45.3 Å². The van der Waals surface area contributed by atoms with Crippen molar-refractivity contribution in [1.29, 1.82) is 0 Å². The van der Waals surface area contributed by atoms with Crippen LogP contribution in [0, 0.1) is 0 Å². The maximum Gasteiger partial charge on any atom is 0.243 e. The van der Waals surface area contributed by atoms with E-state index in [1.54, 1.807) is 5.48 Å². The van der Waals surface area contributed by atoms with E-state index < -0.39 is 0 Å². The SMILES string of the molecule is Cl.Cl.NCCCNCCCCCC(=O)NO. The second-order valence-electron chi connectivity index (χ2n) is 3.24. The first-order valence-corrected chi connectivity index (χ1v) is 5.15. The summed E-state index contributed by atoms with van der Waals surface area (Å²) in [6.07, 6.45) is 4.30. The van der Waals surface area contributed by atoms with Crippen molar-refractivity contribution < 1.29 is 10.0 Å². The summed E-state index contributed by atoms with van der Waals surface area (Å²) < 4.78 is 0. The number of hydrogen-bond acceptors (Lipinski definition) is 4. The van der Waals surface area contributed by atoms with Gasteiger partial charge in [-0.2, -0.15) is 0 Å². The Balaban J connectivity index is -0.000000845. The van der Waals surface area contributed by atoms with Gasteiger partial charge in [0.2, 0.25) is 5.91 Å². The van der Waals surface area contributed by atoms with Crippen LogP contribution in [0.25, 0.3) is 0 Å². The number of hydroxylamine groups is 1. The quantitative estimate of drug-likeness (QED) is 0.285. The number of carbonyl (C=O) groups excluding carboxylic acids is 1. The second kappa shape index (κ2) is 17.3. The fourth-order valence-electron chi connectivity index (χ4n) is 1.12. The number of carbonyl (C=O) groups is 1. The Labute approximate surface area is 109 Å². The third-order valence-corrected chi connectivity index (χ3v) is 1.94. The van der Waals surface area contributed by atoms with Crippen LogP contribution in [0.15, 0.2) is 0 Å². The molecule has 0 aromatic rings. The van der Waals surface area contributed by atoms with Crippen molar-refractivity contribution in [2.75, 3.05) is 19.6 Å². The number of amides is 1. The molecule has 5 nitrogen and oxygen atoms in total. The van der Waals surface area contributed by atoms with Crippen molar-refractivity contribution in [3.8, 4) is 0 Å². The summed E-state index contributed by atoms with van der Waals surface area (Å²) in [5.41, 5.74) is 6.95. The average molecular weight is 276 g/mol. The van der Waals surface area contributed by atoms with Gasteiger partial charge in [0.25, 0.3) is 0 Å². The highest BCUT2D eigenvalue weighted by molar-refractivity contribution is 5.85. The Bertz CT molecular complexity index is 151. The Kier molecular flexibility index (Phi) is 23.0. The van der Waals surface area contributed by atoms with Crippen LogP contribution in [-0.2, 0) is 4.79 Å². The monoisotopic (exact) mass is 275 g/mol. The minimum Gasteiger partial charge on any atom is -0.330 e. The highest BCUT2D eigenvalue weighted by Gasteiger charge is 1.97. The molecule has 0 saturated carbocycles. The van der Waals surface area contributed by atoms with Gasteiger partial charge in [0, 0.05) is 6.42 Å². The first-order chi connectivity index (χ1) is 6.81. The zero-order valence-corrected chi connectivity index (χ0v) is 11.0. The molecule has 1 amide bonds. The minimum atomic E-state index is -0.305. The average Bonchev–Trinajstić information content (AvgIpc) is 2.21. The van der Waals surface area contributed by atoms with Crippen LogP contribution >= 0.6 is 24.8 Å². The van der Waals surface area contributed by atoms with Crippen molar-refractivity contribution in [2.45, 2.75) is 32.1 Å². The molecule has 0 unspecified atom stereocenters. The third kappa shape index (κ3) is 16.4. The van der Waals surface area contributed by atoms with Gasteiger partial charge in [-0.15, -0.1) is 24.8 Å². The molecular weight excluding hydrogens is 253 g/mol. The van der Waals surface area contributed by atoms with Gasteiger partial charge in [0.15, 0.2) is 0 Å². The number of nitrogens with one attached hydrogen (secondary N) is 2. The summed E-state index contributed by atoms with van der Waals surface area (Å²) in [4.78, 5) is 10.6. The first kappa shape index (κ1) is 21.2. The molecule has 0 fully saturated rings. The predicted octanol–water partition coefficient (Wildman–Crippen LogP) is 0.834. The molecule has 0 aliphatic heterocycles. The van der Waals surface area contributed by atoms with Gasteiger partial charge < -0.3 is 11.1 Å². The number of halogens is 2. The molecule has 0 radical (unpaired) electrons. The molecule has 0 spiro atoms. The molecule has 0 aliphatic rings. The maximum absolute atomic E-state index is 10.6. The number of unbranched alkanes of at least 4 members (excludes halogenated alkanes) is 2. The lowest BCUT2D eigenvalue weighted by molar-refractivity contribution is -0.129. The number of rotatable bonds is 9. The van der Waals surface area contributed by atoms with Crippen LogP contribution in [0.2, 0.25) is 0 Å².